The van der Waals surface area contributed by atoms with Gasteiger partial charge in [0.15, 0.2) is 0 Å². The molecule has 0 aliphatic heterocycles. The van der Waals surface area contributed by atoms with Crippen LogP contribution in [0.5, 0.6) is 0 Å². The van der Waals surface area contributed by atoms with Crippen LogP contribution in [-0.2, 0) is 5.41 Å². The molecule has 2 N–H and O–H groups in total. The highest BCUT2D eigenvalue weighted by Gasteiger charge is 2.54. The van der Waals surface area contributed by atoms with Crippen LogP contribution in [-0.4, -0.2) is 5.54 Å². The summed E-state index contributed by atoms with van der Waals surface area (Å²) in [7, 11) is 0. The molecule has 1 aromatic rings. The van der Waals surface area contributed by atoms with Crippen molar-refractivity contribution in [2.24, 2.45) is 5.73 Å². The Labute approximate surface area is 100 Å². The number of hydrogen-bond acceptors (Lipinski definition) is 1. The Hall–Kier alpha value is -0.340. The molecular weight excluding hydrogens is 250 g/mol. The second kappa shape index (κ2) is 3.33. The van der Waals surface area contributed by atoms with Crippen molar-refractivity contribution >= 4 is 15.9 Å². The van der Waals surface area contributed by atoms with Crippen LogP contribution in [0.1, 0.15) is 37.8 Å². The van der Waals surface area contributed by atoms with Crippen molar-refractivity contribution in [1.29, 1.82) is 0 Å². The fraction of sp³-hybridized carbons (Fsp3) is 0.538. The van der Waals surface area contributed by atoms with E-state index in [0.29, 0.717) is 0 Å². The minimum atomic E-state index is -0.119. The molecule has 0 amide bonds. The quantitative estimate of drug-likeness (QED) is 0.872. The average Bonchev–Trinajstić information content (AvgIpc) is 2.83. The molecule has 0 saturated heterocycles. The Morgan fingerprint density at radius 2 is 1.93 bits per heavy atom. The molecule has 2 heteroatoms. The predicted octanol–water partition coefficient (Wildman–Crippen LogP) is 3.53. The van der Waals surface area contributed by atoms with E-state index in [0.717, 1.165) is 4.47 Å². The first-order valence-corrected chi connectivity index (χ1v) is 6.22. The first-order valence-electron chi connectivity index (χ1n) is 5.42. The van der Waals surface area contributed by atoms with Crippen molar-refractivity contribution in [3.63, 3.8) is 0 Å². The molecule has 0 heterocycles. The summed E-state index contributed by atoms with van der Waals surface area (Å²) in [5.41, 5.74) is 9.18. The minimum Gasteiger partial charge on any atom is -0.325 e. The van der Waals surface area contributed by atoms with Gasteiger partial charge in [-0.25, -0.2) is 0 Å². The van der Waals surface area contributed by atoms with Crippen molar-refractivity contribution in [2.75, 3.05) is 0 Å². The van der Waals surface area contributed by atoms with E-state index >= 15 is 0 Å². The van der Waals surface area contributed by atoms with E-state index in [1.54, 1.807) is 0 Å². The highest BCUT2D eigenvalue weighted by atomic mass is 79.9. The Balaban J connectivity index is 2.47. The van der Waals surface area contributed by atoms with Crippen LogP contribution in [0.15, 0.2) is 22.7 Å². The van der Waals surface area contributed by atoms with Gasteiger partial charge in [-0.1, -0.05) is 22.0 Å². The zero-order chi connectivity index (χ0) is 11.3. The lowest BCUT2D eigenvalue weighted by Crippen LogP contribution is -2.45. The Morgan fingerprint density at radius 3 is 2.33 bits per heavy atom. The largest absolute Gasteiger partial charge is 0.325 e. The van der Waals surface area contributed by atoms with E-state index in [1.165, 1.54) is 24.0 Å². The summed E-state index contributed by atoms with van der Waals surface area (Å²) in [6, 6.07) is 6.52. The van der Waals surface area contributed by atoms with Gasteiger partial charge in [0.25, 0.3) is 0 Å². The molecule has 0 unspecified atom stereocenters. The molecular formula is C13H18BrN. The van der Waals surface area contributed by atoms with Gasteiger partial charge in [-0.3, -0.25) is 0 Å². The summed E-state index contributed by atoms with van der Waals surface area (Å²) in [5, 5.41) is 0. The van der Waals surface area contributed by atoms with Crippen molar-refractivity contribution in [3.05, 3.63) is 33.8 Å². The van der Waals surface area contributed by atoms with Gasteiger partial charge in [0, 0.05) is 15.4 Å². The van der Waals surface area contributed by atoms with Gasteiger partial charge in [-0.05, 0) is 56.9 Å². The third-order valence-electron chi connectivity index (χ3n) is 3.69. The normalized spacial score (nSPS) is 19.0. The van der Waals surface area contributed by atoms with E-state index in [2.05, 4.69) is 54.9 Å². The van der Waals surface area contributed by atoms with Gasteiger partial charge in [-0.2, -0.15) is 0 Å². The molecule has 82 valence electrons. The van der Waals surface area contributed by atoms with Gasteiger partial charge < -0.3 is 5.73 Å². The molecule has 1 saturated carbocycles. The molecule has 2 rings (SSSR count). The second-order valence-electron chi connectivity index (χ2n) is 5.26. The number of aryl methyl sites for hydroxylation is 1. The SMILES string of the molecule is Cc1cc(Br)ccc1C1(C(C)(C)N)CC1. The lowest BCUT2D eigenvalue weighted by atomic mass is 9.77. The number of rotatable bonds is 2. The van der Waals surface area contributed by atoms with Crippen molar-refractivity contribution < 1.29 is 0 Å². The summed E-state index contributed by atoms with van der Waals surface area (Å²) >= 11 is 3.50. The maximum absolute atomic E-state index is 6.30. The zero-order valence-electron chi connectivity index (χ0n) is 9.60. The monoisotopic (exact) mass is 267 g/mol. The van der Waals surface area contributed by atoms with Crippen LogP contribution in [0.3, 0.4) is 0 Å². The average molecular weight is 268 g/mol. The molecule has 15 heavy (non-hydrogen) atoms. The first-order chi connectivity index (χ1) is 6.87. The topological polar surface area (TPSA) is 26.0 Å². The van der Waals surface area contributed by atoms with Gasteiger partial charge in [-0.15, -0.1) is 0 Å². The number of nitrogens with two attached hydrogens (primary N) is 1. The van der Waals surface area contributed by atoms with E-state index in [9.17, 15) is 0 Å². The Bertz CT molecular complexity index is 386. The van der Waals surface area contributed by atoms with Gasteiger partial charge in [0.1, 0.15) is 0 Å². The zero-order valence-corrected chi connectivity index (χ0v) is 11.2. The molecule has 1 aliphatic carbocycles. The summed E-state index contributed by atoms with van der Waals surface area (Å²) < 4.78 is 1.15. The molecule has 1 aromatic carbocycles. The standard InChI is InChI=1S/C13H18BrN/c1-9-8-10(14)4-5-11(9)13(6-7-13)12(2,3)15/h4-5,8H,6-7,15H2,1-3H3. The van der Waals surface area contributed by atoms with Crippen LogP contribution in [0.2, 0.25) is 0 Å². The summed E-state index contributed by atoms with van der Waals surface area (Å²) in [6.45, 7) is 6.45. The smallest absolute Gasteiger partial charge is 0.0195 e. The highest BCUT2D eigenvalue weighted by molar-refractivity contribution is 9.10. The highest BCUT2D eigenvalue weighted by Crippen LogP contribution is 2.55. The second-order valence-corrected chi connectivity index (χ2v) is 6.18. The molecule has 1 aliphatic rings. The van der Waals surface area contributed by atoms with Crippen LogP contribution in [0, 0.1) is 6.92 Å². The fourth-order valence-corrected chi connectivity index (χ4v) is 3.03. The number of hydrogen-bond donors (Lipinski definition) is 1. The van der Waals surface area contributed by atoms with E-state index < -0.39 is 0 Å². The van der Waals surface area contributed by atoms with Crippen molar-refractivity contribution in [3.8, 4) is 0 Å². The van der Waals surface area contributed by atoms with Crippen LogP contribution in [0.4, 0.5) is 0 Å². The van der Waals surface area contributed by atoms with Gasteiger partial charge in [0.2, 0.25) is 0 Å². The summed E-state index contributed by atoms with van der Waals surface area (Å²) in [5.74, 6) is 0. The van der Waals surface area contributed by atoms with Gasteiger partial charge >= 0.3 is 0 Å². The van der Waals surface area contributed by atoms with E-state index in [1.807, 2.05) is 0 Å². The van der Waals surface area contributed by atoms with Crippen LogP contribution >= 0.6 is 15.9 Å². The minimum absolute atomic E-state index is 0.119. The van der Waals surface area contributed by atoms with Crippen LogP contribution < -0.4 is 5.73 Å². The lowest BCUT2D eigenvalue weighted by molar-refractivity contribution is 0.390. The maximum Gasteiger partial charge on any atom is 0.0195 e. The first kappa shape index (κ1) is 11.2. The van der Waals surface area contributed by atoms with Gasteiger partial charge in [0.05, 0.1) is 0 Å². The third-order valence-corrected chi connectivity index (χ3v) is 4.18. The molecule has 0 aromatic heterocycles. The fourth-order valence-electron chi connectivity index (χ4n) is 2.55. The molecule has 1 fully saturated rings. The summed E-state index contributed by atoms with van der Waals surface area (Å²) in [4.78, 5) is 0. The third kappa shape index (κ3) is 1.74. The Morgan fingerprint density at radius 1 is 1.33 bits per heavy atom. The number of benzene rings is 1. The van der Waals surface area contributed by atoms with Crippen molar-refractivity contribution in [2.45, 2.75) is 44.6 Å². The molecule has 0 spiro atoms. The van der Waals surface area contributed by atoms with Crippen LogP contribution in [0.25, 0.3) is 0 Å². The molecule has 0 radical (unpaired) electrons. The lowest BCUT2D eigenvalue weighted by Gasteiger charge is -2.32. The van der Waals surface area contributed by atoms with Crippen molar-refractivity contribution in [1.82, 2.24) is 0 Å². The molecule has 0 atom stereocenters. The molecule has 1 nitrogen and oxygen atoms in total. The van der Waals surface area contributed by atoms with E-state index in [-0.39, 0.29) is 11.0 Å². The predicted molar refractivity (Wildman–Crippen MR) is 68.1 cm³/mol. The van der Waals surface area contributed by atoms with E-state index in [4.69, 9.17) is 5.73 Å². The molecule has 0 bridgehead atoms. The maximum atomic E-state index is 6.30. The Kier molecular flexibility index (Phi) is 2.47. The summed E-state index contributed by atoms with van der Waals surface area (Å²) in [6.07, 6.45) is 2.44. The number of halogens is 1.